The van der Waals surface area contributed by atoms with Crippen LogP contribution >= 0.6 is 12.2 Å². The second-order valence-electron chi connectivity index (χ2n) is 5.16. The fourth-order valence-corrected chi connectivity index (χ4v) is 2.27. The molecule has 108 valence electrons. The van der Waals surface area contributed by atoms with Crippen molar-refractivity contribution in [3.63, 3.8) is 0 Å². The van der Waals surface area contributed by atoms with E-state index in [1.807, 2.05) is 0 Å². The molecule has 2 nitrogen and oxygen atoms in total. The van der Waals surface area contributed by atoms with E-state index in [-0.39, 0.29) is 6.17 Å². The Bertz CT molecular complexity index is 195. The van der Waals surface area contributed by atoms with Gasteiger partial charge >= 0.3 is 0 Å². The Hall–Kier alpha value is -0.150. The highest BCUT2D eigenvalue weighted by molar-refractivity contribution is 7.80. The van der Waals surface area contributed by atoms with Crippen LogP contribution in [0.25, 0.3) is 0 Å². The number of nitrogens with one attached hydrogen (secondary N) is 1. The van der Waals surface area contributed by atoms with E-state index < -0.39 is 0 Å². The average Bonchev–Trinajstić information content (AvgIpc) is 2.36. The lowest BCUT2D eigenvalue weighted by atomic mass is 10.1. The zero-order valence-electron chi connectivity index (χ0n) is 12.3. The minimum atomic E-state index is 0.0380. The van der Waals surface area contributed by atoms with Crippen LogP contribution in [0, 0.1) is 0 Å². The van der Waals surface area contributed by atoms with E-state index in [1.54, 1.807) is 0 Å². The summed E-state index contributed by atoms with van der Waals surface area (Å²) in [5, 5.41) is 3.16. The van der Waals surface area contributed by atoms with Gasteiger partial charge in [0.25, 0.3) is 0 Å². The molecule has 0 heterocycles. The smallest absolute Gasteiger partial charge is 0.0765 e. The normalized spacial score (nSPS) is 12.4. The average molecular weight is 273 g/mol. The summed E-state index contributed by atoms with van der Waals surface area (Å²) in [6, 6.07) is 0. The van der Waals surface area contributed by atoms with E-state index in [0.29, 0.717) is 0 Å². The van der Waals surface area contributed by atoms with Crippen LogP contribution in [0.2, 0.25) is 0 Å². The molecule has 0 rings (SSSR count). The van der Waals surface area contributed by atoms with Gasteiger partial charge in [0.05, 0.1) is 11.2 Å². The van der Waals surface area contributed by atoms with Crippen molar-refractivity contribution < 1.29 is 0 Å². The van der Waals surface area contributed by atoms with Crippen molar-refractivity contribution in [3.05, 3.63) is 0 Å². The summed E-state index contributed by atoms with van der Waals surface area (Å²) in [6.45, 7) is 4.33. The monoisotopic (exact) mass is 272 g/mol. The number of nitrogens with two attached hydrogens (primary N) is 1. The van der Waals surface area contributed by atoms with Gasteiger partial charge in [-0.1, -0.05) is 77.4 Å². The number of hydrogen-bond acceptors (Lipinski definition) is 2. The van der Waals surface area contributed by atoms with E-state index in [9.17, 15) is 0 Å². The molecule has 0 aromatic carbocycles. The van der Waals surface area contributed by atoms with Crippen molar-refractivity contribution in [2.75, 3.05) is 0 Å². The maximum atomic E-state index is 5.79. The van der Waals surface area contributed by atoms with Gasteiger partial charge in [-0.15, -0.1) is 0 Å². The van der Waals surface area contributed by atoms with E-state index in [2.05, 4.69) is 19.2 Å². The Kier molecular flexibility index (Phi) is 13.2. The third kappa shape index (κ3) is 12.3. The van der Waals surface area contributed by atoms with Crippen molar-refractivity contribution in [1.29, 1.82) is 0 Å². The van der Waals surface area contributed by atoms with E-state index in [1.165, 1.54) is 57.8 Å². The molecule has 1 unspecified atom stereocenters. The lowest BCUT2D eigenvalue weighted by molar-refractivity contribution is 0.564. The van der Waals surface area contributed by atoms with Crippen LogP contribution in [-0.2, 0) is 0 Å². The zero-order chi connectivity index (χ0) is 13.6. The second kappa shape index (κ2) is 13.3. The van der Waals surface area contributed by atoms with Crippen molar-refractivity contribution in [3.8, 4) is 0 Å². The maximum Gasteiger partial charge on any atom is 0.0765 e. The highest BCUT2D eigenvalue weighted by Gasteiger charge is 2.01. The van der Waals surface area contributed by atoms with Gasteiger partial charge < -0.3 is 11.1 Å². The number of thiocarbonyl (C=S) groups is 1. The molecule has 0 amide bonds. The van der Waals surface area contributed by atoms with Crippen LogP contribution in [-0.4, -0.2) is 11.2 Å². The molecule has 18 heavy (non-hydrogen) atoms. The molecule has 0 aliphatic rings. The quantitative estimate of drug-likeness (QED) is 0.312. The number of hydrogen-bond donors (Lipinski definition) is 2. The first-order chi connectivity index (χ1) is 8.70. The topological polar surface area (TPSA) is 38.0 Å². The molecule has 0 aliphatic carbocycles. The fourth-order valence-electron chi connectivity index (χ4n) is 1.98. The van der Waals surface area contributed by atoms with Crippen LogP contribution in [0.15, 0.2) is 0 Å². The summed E-state index contributed by atoms with van der Waals surface area (Å²) in [6.07, 6.45) is 14.2. The fraction of sp³-hybridized carbons (Fsp3) is 0.933. The summed E-state index contributed by atoms with van der Waals surface area (Å²) in [4.78, 5) is 0.937. The first-order valence-corrected chi connectivity index (χ1v) is 8.16. The van der Waals surface area contributed by atoms with Crippen molar-refractivity contribution in [2.45, 2.75) is 90.6 Å². The van der Waals surface area contributed by atoms with Crippen LogP contribution in [0.3, 0.4) is 0 Å². The SMILES string of the molecule is CCCCCCCCCCCC(=S)NC(N)CC. The Morgan fingerprint density at radius 3 is 1.94 bits per heavy atom. The van der Waals surface area contributed by atoms with Gasteiger partial charge in [-0.2, -0.15) is 0 Å². The van der Waals surface area contributed by atoms with Gasteiger partial charge in [0.2, 0.25) is 0 Å². The highest BCUT2D eigenvalue weighted by atomic mass is 32.1. The predicted octanol–water partition coefficient (Wildman–Crippen LogP) is 4.52. The molecule has 0 aromatic rings. The van der Waals surface area contributed by atoms with Crippen LogP contribution in [0.4, 0.5) is 0 Å². The highest BCUT2D eigenvalue weighted by Crippen LogP contribution is 2.10. The molecule has 3 N–H and O–H groups in total. The molecule has 3 heteroatoms. The van der Waals surface area contributed by atoms with Gasteiger partial charge in [0, 0.05) is 0 Å². The molecule has 0 bridgehead atoms. The molecular formula is C15H32N2S. The van der Waals surface area contributed by atoms with Gasteiger partial charge in [-0.25, -0.2) is 0 Å². The van der Waals surface area contributed by atoms with Gasteiger partial charge in [-0.05, 0) is 19.3 Å². The summed E-state index contributed by atoms with van der Waals surface area (Å²) >= 11 is 5.25. The Morgan fingerprint density at radius 2 is 1.44 bits per heavy atom. The maximum absolute atomic E-state index is 5.79. The summed E-state index contributed by atoms with van der Waals surface area (Å²) < 4.78 is 0. The Balaban J connectivity index is 3.17. The summed E-state index contributed by atoms with van der Waals surface area (Å²) in [5.74, 6) is 0. The van der Waals surface area contributed by atoms with E-state index >= 15 is 0 Å². The molecule has 0 aromatic heterocycles. The third-order valence-corrected chi connectivity index (χ3v) is 3.62. The van der Waals surface area contributed by atoms with Crippen LogP contribution in [0.5, 0.6) is 0 Å². The van der Waals surface area contributed by atoms with Crippen LogP contribution < -0.4 is 11.1 Å². The van der Waals surface area contributed by atoms with Gasteiger partial charge in [-0.3, -0.25) is 0 Å². The van der Waals surface area contributed by atoms with Crippen LogP contribution in [0.1, 0.15) is 84.5 Å². The molecule has 0 fully saturated rings. The second-order valence-corrected chi connectivity index (χ2v) is 5.65. The van der Waals surface area contributed by atoms with Crippen molar-refractivity contribution in [1.82, 2.24) is 5.32 Å². The minimum Gasteiger partial charge on any atom is -0.365 e. The van der Waals surface area contributed by atoms with Crippen molar-refractivity contribution in [2.24, 2.45) is 5.73 Å². The largest absolute Gasteiger partial charge is 0.365 e. The lowest BCUT2D eigenvalue weighted by Gasteiger charge is -2.13. The summed E-state index contributed by atoms with van der Waals surface area (Å²) in [5.41, 5.74) is 5.79. The molecule has 0 saturated heterocycles. The predicted molar refractivity (Wildman–Crippen MR) is 85.8 cm³/mol. The first kappa shape index (κ1) is 17.8. The van der Waals surface area contributed by atoms with Gasteiger partial charge in [0.1, 0.15) is 0 Å². The Labute approximate surface area is 119 Å². The van der Waals surface area contributed by atoms with Gasteiger partial charge in [0.15, 0.2) is 0 Å². The molecule has 0 aliphatic heterocycles. The third-order valence-electron chi connectivity index (χ3n) is 3.29. The molecule has 0 radical (unpaired) electrons. The number of rotatable bonds is 12. The standard InChI is InChI=1S/C15H32N2S/c1-3-5-6-7-8-9-10-11-12-13-15(18)17-14(16)4-2/h14H,3-13,16H2,1-2H3,(H,17,18). The molecule has 0 saturated carbocycles. The van der Waals surface area contributed by atoms with E-state index in [0.717, 1.165) is 17.8 Å². The zero-order valence-corrected chi connectivity index (χ0v) is 13.2. The number of unbranched alkanes of at least 4 members (excludes halogenated alkanes) is 8. The first-order valence-electron chi connectivity index (χ1n) is 7.75. The summed E-state index contributed by atoms with van der Waals surface area (Å²) in [7, 11) is 0. The molecule has 0 spiro atoms. The van der Waals surface area contributed by atoms with E-state index in [4.69, 9.17) is 18.0 Å². The molecule has 1 atom stereocenters. The van der Waals surface area contributed by atoms with Crippen molar-refractivity contribution >= 4 is 17.2 Å². The lowest BCUT2D eigenvalue weighted by Crippen LogP contribution is -2.39. The Morgan fingerprint density at radius 1 is 0.944 bits per heavy atom. The minimum absolute atomic E-state index is 0.0380. The molecular weight excluding hydrogens is 240 g/mol.